The summed E-state index contributed by atoms with van der Waals surface area (Å²) in [5, 5.41) is 0. The van der Waals surface area contributed by atoms with Gasteiger partial charge in [0.2, 0.25) is 0 Å². The van der Waals surface area contributed by atoms with Crippen molar-refractivity contribution in [3.8, 4) is 0 Å². The Morgan fingerprint density at radius 2 is 1.36 bits per heavy atom. The van der Waals surface area contributed by atoms with Gasteiger partial charge in [-0.25, -0.2) is 0 Å². The molecule has 0 saturated heterocycles. The number of hydrogen-bond donors (Lipinski definition) is 0. The summed E-state index contributed by atoms with van der Waals surface area (Å²) in [6, 6.07) is 0. The quantitative estimate of drug-likeness (QED) is 0.531. The first-order valence-electron chi connectivity index (χ1n) is 4.33. The Bertz CT molecular complexity index is 109. The SMILES string of the molecule is C=C(C)CC.C=C(C)CCC. The van der Waals surface area contributed by atoms with E-state index in [0.717, 1.165) is 6.42 Å². The molecule has 0 spiro atoms. The fraction of sp³-hybridized carbons (Fsp3) is 0.636. The van der Waals surface area contributed by atoms with Crippen molar-refractivity contribution in [2.24, 2.45) is 0 Å². The second-order valence-corrected chi connectivity index (χ2v) is 3.02. The Balaban J connectivity index is 0. The summed E-state index contributed by atoms with van der Waals surface area (Å²) in [5.41, 5.74) is 2.54. The molecule has 0 aliphatic rings. The maximum atomic E-state index is 3.74. The molecule has 11 heavy (non-hydrogen) atoms. The van der Waals surface area contributed by atoms with Crippen LogP contribution in [-0.2, 0) is 0 Å². The van der Waals surface area contributed by atoms with Gasteiger partial charge >= 0.3 is 0 Å². The Hall–Kier alpha value is -0.520. The molecule has 0 aliphatic carbocycles. The van der Waals surface area contributed by atoms with Gasteiger partial charge in [0.05, 0.1) is 0 Å². The van der Waals surface area contributed by atoms with Crippen molar-refractivity contribution in [3.63, 3.8) is 0 Å². The molecule has 0 aromatic heterocycles. The van der Waals surface area contributed by atoms with Gasteiger partial charge in [0.25, 0.3) is 0 Å². The molecule has 66 valence electrons. The van der Waals surface area contributed by atoms with Gasteiger partial charge in [-0.3, -0.25) is 0 Å². The molecule has 0 radical (unpaired) electrons. The molecular formula is C11H22. The first-order valence-corrected chi connectivity index (χ1v) is 4.33. The van der Waals surface area contributed by atoms with Crippen LogP contribution < -0.4 is 0 Å². The van der Waals surface area contributed by atoms with Gasteiger partial charge in [-0.15, -0.1) is 13.2 Å². The minimum atomic E-state index is 1.11. The van der Waals surface area contributed by atoms with Crippen LogP contribution in [0.25, 0.3) is 0 Å². The van der Waals surface area contributed by atoms with Crippen LogP contribution in [0, 0.1) is 0 Å². The average Bonchev–Trinajstić information content (AvgIpc) is 1.89. The lowest BCUT2D eigenvalue weighted by molar-refractivity contribution is 0.910. The minimum Gasteiger partial charge on any atom is -0.100 e. The van der Waals surface area contributed by atoms with E-state index in [9.17, 15) is 0 Å². The molecule has 0 aromatic rings. The van der Waals surface area contributed by atoms with Crippen LogP contribution >= 0.6 is 0 Å². The van der Waals surface area contributed by atoms with E-state index in [4.69, 9.17) is 0 Å². The van der Waals surface area contributed by atoms with Crippen LogP contribution in [0.2, 0.25) is 0 Å². The lowest BCUT2D eigenvalue weighted by Crippen LogP contribution is -1.66. The highest BCUT2D eigenvalue weighted by atomic mass is 13.8. The zero-order valence-electron chi connectivity index (χ0n) is 8.54. The highest BCUT2D eigenvalue weighted by Gasteiger charge is 1.76. The molecule has 0 unspecified atom stereocenters. The van der Waals surface area contributed by atoms with E-state index in [1.54, 1.807) is 0 Å². The number of rotatable bonds is 3. The number of hydrogen-bond acceptors (Lipinski definition) is 0. The van der Waals surface area contributed by atoms with E-state index >= 15 is 0 Å². The van der Waals surface area contributed by atoms with Gasteiger partial charge in [-0.1, -0.05) is 31.4 Å². The van der Waals surface area contributed by atoms with Crippen molar-refractivity contribution in [1.29, 1.82) is 0 Å². The zero-order chi connectivity index (χ0) is 9.28. The lowest BCUT2D eigenvalue weighted by Gasteiger charge is -1.87. The summed E-state index contributed by atoms with van der Waals surface area (Å²) in [4.78, 5) is 0. The van der Waals surface area contributed by atoms with Gasteiger partial charge in [-0.05, 0) is 26.7 Å². The molecule has 0 atom stereocenters. The third-order valence-electron chi connectivity index (χ3n) is 1.28. The number of allylic oxidation sites excluding steroid dienone is 2. The predicted octanol–water partition coefficient (Wildman–Crippen LogP) is 4.34. The van der Waals surface area contributed by atoms with Crippen LogP contribution in [0.3, 0.4) is 0 Å². The van der Waals surface area contributed by atoms with Crippen LogP contribution in [0.1, 0.15) is 47.0 Å². The molecule has 0 fully saturated rings. The molecule has 0 heterocycles. The van der Waals surface area contributed by atoms with Crippen molar-refractivity contribution >= 4 is 0 Å². The third kappa shape index (κ3) is 26.4. The van der Waals surface area contributed by atoms with Crippen molar-refractivity contribution in [2.75, 3.05) is 0 Å². The first kappa shape index (κ1) is 13.1. The second kappa shape index (κ2) is 9.48. The van der Waals surface area contributed by atoms with E-state index in [2.05, 4.69) is 33.9 Å². The highest BCUT2D eigenvalue weighted by Crippen LogP contribution is 1.96. The largest absolute Gasteiger partial charge is 0.100 e. The molecule has 0 N–H and O–H groups in total. The molecule has 0 rings (SSSR count). The van der Waals surface area contributed by atoms with Gasteiger partial charge in [-0.2, -0.15) is 0 Å². The Kier molecular flexibility index (Phi) is 11.3. The van der Waals surface area contributed by atoms with Crippen molar-refractivity contribution in [1.82, 2.24) is 0 Å². The smallest absolute Gasteiger partial charge is 0.0328 e. The fourth-order valence-corrected chi connectivity index (χ4v) is 0.427. The molecule has 0 amide bonds. The Labute approximate surface area is 72.0 Å². The topological polar surface area (TPSA) is 0 Å². The standard InChI is InChI=1S/C6H12.C5H10/c1-4-5-6(2)3;1-4-5(2)3/h2,4-5H2,1,3H3;2,4H2,1,3H3. The predicted molar refractivity (Wildman–Crippen MR) is 54.8 cm³/mol. The molecule has 0 heteroatoms. The third-order valence-corrected chi connectivity index (χ3v) is 1.28. The van der Waals surface area contributed by atoms with Gasteiger partial charge in [0, 0.05) is 0 Å². The maximum absolute atomic E-state index is 3.74. The van der Waals surface area contributed by atoms with Gasteiger partial charge in [0.15, 0.2) is 0 Å². The molecule has 0 saturated carbocycles. The summed E-state index contributed by atoms with van der Waals surface area (Å²) < 4.78 is 0. The highest BCUT2D eigenvalue weighted by molar-refractivity contribution is 4.86. The minimum absolute atomic E-state index is 1.11. The zero-order valence-corrected chi connectivity index (χ0v) is 8.54. The molecular weight excluding hydrogens is 132 g/mol. The monoisotopic (exact) mass is 154 g/mol. The summed E-state index contributed by atoms with van der Waals surface area (Å²) in [5.74, 6) is 0. The van der Waals surface area contributed by atoms with E-state index in [1.165, 1.54) is 24.0 Å². The summed E-state index contributed by atoms with van der Waals surface area (Å²) in [6.07, 6.45) is 3.52. The molecule has 0 bridgehead atoms. The fourth-order valence-electron chi connectivity index (χ4n) is 0.427. The second-order valence-electron chi connectivity index (χ2n) is 3.02. The van der Waals surface area contributed by atoms with Crippen LogP contribution in [-0.4, -0.2) is 0 Å². The van der Waals surface area contributed by atoms with Crippen LogP contribution in [0.15, 0.2) is 24.3 Å². The molecule has 0 aromatic carbocycles. The van der Waals surface area contributed by atoms with Crippen molar-refractivity contribution < 1.29 is 0 Å². The van der Waals surface area contributed by atoms with Gasteiger partial charge < -0.3 is 0 Å². The Morgan fingerprint density at radius 1 is 1.00 bits per heavy atom. The summed E-state index contributed by atoms with van der Waals surface area (Å²) >= 11 is 0. The summed E-state index contributed by atoms with van der Waals surface area (Å²) in [6.45, 7) is 15.8. The average molecular weight is 154 g/mol. The summed E-state index contributed by atoms with van der Waals surface area (Å²) in [7, 11) is 0. The van der Waals surface area contributed by atoms with Crippen molar-refractivity contribution in [3.05, 3.63) is 24.3 Å². The van der Waals surface area contributed by atoms with E-state index in [1.807, 2.05) is 6.92 Å². The van der Waals surface area contributed by atoms with Crippen LogP contribution in [0.5, 0.6) is 0 Å². The van der Waals surface area contributed by atoms with Crippen molar-refractivity contribution in [2.45, 2.75) is 47.0 Å². The molecule has 0 nitrogen and oxygen atoms in total. The van der Waals surface area contributed by atoms with E-state index in [0.29, 0.717) is 0 Å². The van der Waals surface area contributed by atoms with E-state index < -0.39 is 0 Å². The lowest BCUT2D eigenvalue weighted by atomic mass is 10.2. The maximum Gasteiger partial charge on any atom is -0.0328 e. The first-order chi connectivity index (χ1) is 5.04. The van der Waals surface area contributed by atoms with Crippen LogP contribution in [0.4, 0.5) is 0 Å². The molecule has 0 aliphatic heterocycles. The van der Waals surface area contributed by atoms with E-state index in [-0.39, 0.29) is 0 Å². The van der Waals surface area contributed by atoms with Gasteiger partial charge in [0.1, 0.15) is 0 Å². The normalized spacial score (nSPS) is 8.00. The Morgan fingerprint density at radius 3 is 1.36 bits per heavy atom.